The summed E-state index contributed by atoms with van der Waals surface area (Å²) < 4.78 is 45.3. The summed E-state index contributed by atoms with van der Waals surface area (Å²) in [5.74, 6) is -0.489. The number of nitrogens with one attached hydrogen (secondary N) is 1. The fraction of sp³-hybridized carbons (Fsp3) is 0.154. The highest BCUT2D eigenvalue weighted by molar-refractivity contribution is 8.00. The van der Waals surface area contributed by atoms with Crippen LogP contribution >= 0.6 is 23.3 Å². The lowest BCUT2D eigenvalue weighted by molar-refractivity contribution is -0.137. The Labute approximate surface area is 127 Å². The van der Waals surface area contributed by atoms with Crippen molar-refractivity contribution < 1.29 is 22.7 Å². The highest BCUT2D eigenvalue weighted by atomic mass is 32.2. The summed E-state index contributed by atoms with van der Waals surface area (Å²) in [5.41, 5.74) is -0.206. The van der Waals surface area contributed by atoms with E-state index in [-0.39, 0.29) is 0 Å². The second-order valence-corrected chi connectivity index (χ2v) is 5.68. The van der Waals surface area contributed by atoms with Gasteiger partial charge in [0.15, 0.2) is 0 Å². The average Bonchev–Trinajstić information content (AvgIpc) is 2.92. The molecule has 0 saturated carbocycles. The van der Waals surface area contributed by atoms with Gasteiger partial charge in [-0.3, -0.25) is 0 Å². The maximum atomic E-state index is 12.6. The lowest BCUT2D eigenvalue weighted by Crippen LogP contribution is -2.04. The Kier molecular flexibility index (Phi) is 4.79. The van der Waals surface area contributed by atoms with Crippen LogP contribution in [0, 0.1) is 0 Å². The first-order chi connectivity index (χ1) is 9.91. The van der Waals surface area contributed by atoms with Crippen molar-refractivity contribution in [3.8, 4) is 0 Å². The number of esters is 1. The van der Waals surface area contributed by atoms with Gasteiger partial charge in [0.05, 0.1) is 18.4 Å². The molecule has 0 atom stereocenters. The third kappa shape index (κ3) is 3.92. The molecule has 1 aromatic heterocycles. The fourth-order valence-corrected chi connectivity index (χ4v) is 3.05. The van der Waals surface area contributed by atoms with E-state index in [4.69, 9.17) is 0 Å². The second-order valence-electron chi connectivity index (χ2n) is 3.88. The van der Waals surface area contributed by atoms with Gasteiger partial charge in [-0.25, -0.2) is 4.79 Å². The standard InChI is InChI=1S/C13H10F3NO2S2/c1-19-12(18)11-10(5-6-20-11)17-21-9-4-2-3-8(7-9)13(14,15)16/h2-7,17H,1H3. The van der Waals surface area contributed by atoms with Crippen LogP contribution in [-0.2, 0) is 10.9 Å². The Morgan fingerprint density at radius 3 is 2.76 bits per heavy atom. The first kappa shape index (κ1) is 15.7. The van der Waals surface area contributed by atoms with Crippen molar-refractivity contribution in [2.75, 3.05) is 11.8 Å². The van der Waals surface area contributed by atoms with Crippen molar-refractivity contribution in [1.29, 1.82) is 0 Å². The second kappa shape index (κ2) is 6.40. The Bertz CT molecular complexity index is 640. The van der Waals surface area contributed by atoms with Gasteiger partial charge in [-0.1, -0.05) is 6.07 Å². The Morgan fingerprint density at radius 2 is 2.10 bits per heavy atom. The number of hydrogen-bond acceptors (Lipinski definition) is 5. The van der Waals surface area contributed by atoms with Crippen molar-refractivity contribution in [3.05, 3.63) is 46.2 Å². The van der Waals surface area contributed by atoms with Crippen LogP contribution in [0.25, 0.3) is 0 Å². The van der Waals surface area contributed by atoms with E-state index < -0.39 is 17.7 Å². The van der Waals surface area contributed by atoms with Crippen molar-refractivity contribution >= 4 is 34.9 Å². The van der Waals surface area contributed by atoms with Gasteiger partial charge >= 0.3 is 12.1 Å². The van der Waals surface area contributed by atoms with Gasteiger partial charge in [-0.2, -0.15) is 13.2 Å². The first-order valence-corrected chi connectivity index (χ1v) is 7.37. The Hall–Kier alpha value is -1.67. The molecule has 0 aliphatic carbocycles. The number of alkyl halides is 3. The number of rotatable bonds is 4. The molecule has 1 heterocycles. The number of anilines is 1. The minimum absolute atomic E-state index is 0.372. The third-order valence-corrected chi connectivity index (χ3v) is 4.18. The van der Waals surface area contributed by atoms with Gasteiger partial charge < -0.3 is 9.46 Å². The zero-order chi connectivity index (χ0) is 15.5. The number of carbonyl (C=O) groups excluding carboxylic acids is 1. The number of benzene rings is 1. The maximum Gasteiger partial charge on any atom is 0.416 e. The van der Waals surface area contributed by atoms with Crippen molar-refractivity contribution in [2.45, 2.75) is 11.1 Å². The van der Waals surface area contributed by atoms with E-state index in [2.05, 4.69) is 9.46 Å². The number of halogens is 3. The molecule has 3 nitrogen and oxygen atoms in total. The molecule has 2 aromatic rings. The summed E-state index contributed by atoms with van der Waals surface area (Å²) in [7, 11) is 1.27. The van der Waals surface area contributed by atoms with Gasteiger partial charge in [0.25, 0.3) is 0 Å². The zero-order valence-corrected chi connectivity index (χ0v) is 12.4. The van der Waals surface area contributed by atoms with Crippen LogP contribution < -0.4 is 4.72 Å². The summed E-state index contributed by atoms with van der Waals surface area (Å²) in [5, 5.41) is 1.70. The largest absolute Gasteiger partial charge is 0.465 e. The Balaban J connectivity index is 2.11. The molecule has 0 fully saturated rings. The molecule has 0 unspecified atom stereocenters. The average molecular weight is 333 g/mol. The molecule has 112 valence electrons. The highest BCUT2D eigenvalue weighted by Gasteiger charge is 2.30. The van der Waals surface area contributed by atoms with Gasteiger partial charge in [0.1, 0.15) is 4.88 Å². The van der Waals surface area contributed by atoms with Crippen LogP contribution in [0.3, 0.4) is 0 Å². The number of ether oxygens (including phenoxy) is 1. The SMILES string of the molecule is COC(=O)c1sccc1NSc1cccc(C(F)(F)F)c1. The van der Waals surface area contributed by atoms with E-state index in [1.54, 1.807) is 17.5 Å². The summed E-state index contributed by atoms with van der Waals surface area (Å²) in [6.07, 6.45) is -4.38. The van der Waals surface area contributed by atoms with Gasteiger partial charge in [-0.15, -0.1) is 11.3 Å². The van der Waals surface area contributed by atoms with Gasteiger partial charge in [0, 0.05) is 4.90 Å². The molecule has 2 rings (SSSR count). The van der Waals surface area contributed by atoms with E-state index in [0.717, 1.165) is 24.1 Å². The number of carbonyl (C=O) groups is 1. The van der Waals surface area contributed by atoms with Crippen LogP contribution in [0.15, 0.2) is 40.6 Å². The lowest BCUT2D eigenvalue weighted by Gasteiger charge is -2.09. The van der Waals surface area contributed by atoms with Crippen LogP contribution in [-0.4, -0.2) is 13.1 Å². The van der Waals surface area contributed by atoms with E-state index in [0.29, 0.717) is 15.5 Å². The van der Waals surface area contributed by atoms with E-state index in [9.17, 15) is 18.0 Å². The lowest BCUT2D eigenvalue weighted by atomic mass is 10.2. The van der Waals surface area contributed by atoms with Crippen molar-refractivity contribution in [3.63, 3.8) is 0 Å². The minimum Gasteiger partial charge on any atom is -0.465 e. The molecule has 0 bridgehead atoms. The maximum absolute atomic E-state index is 12.6. The topological polar surface area (TPSA) is 38.3 Å². The van der Waals surface area contributed by atoms with Crippen LogP contribution in [0.1, 0.15) is 15.2 Å². The molecule has 0 radical (unpaired) electrons. The summed E-state index contributed by atoms with van der Waals surface area (Å²) >= 11 is 2.19. The molecule has 0 amide bonds. The number of thiophene rings is 1. The molecule has 0 saturated heterocycles. The summed E-state index contributed by atoms with van der Waals surface area (Å²) in [4.78, 5) is 12.2. The highest BCUT2D eigenvalue weighted by Crippen LogP contribution is 2.33. The van der Waals surface area contributed by atoms with Crippen LogP contribution in [0.5, 0.6) is 0 Å². The summed E-state index contributed by atoms with van der Waals surface area (Å²) in [6.45, 7) is 0. The molecule has 0 aliphatic heterocycles. The number of hydrogen-bond donors (Lipinski definition) is 1. The molecule has 0 spiro atoms. The van der Waals surface area contributed by atoms with E-state index in [1.807, 2.05) is 0 Å². The predicted molar refractivity (Wildman–Crippen MR) is 76.6 cm³/mol. The normalized spacial score (nSPS) is 11.2. The summed E-state index contributed by atoms with van der Waals surface area (Å²) in [6, 6.07) is 6.60. The van der Waals surface area contributed by atoms with Gasteiger partial charge in [-0.05, 0) is 41.6 Å². The molecule has 1 aromatic carbocycles. The van der Waals surface area contributed by atoms with Crippen molar-refractivity contribution in [2.24, 2.45) is 0 Å². The first-order valence-electron chi connectivity index (χ1n) is 5.67. The molecular formula is C13H10F3NO2S2. The van der Waals surface area contributed by atoms with Crippen LogP contribution in [0.2, 0.25) is 0 Å². The fourth-order valence-electron chi connectivity index (χ4n) is 1.49. The van der Waals surface area contributed by atoms with E-state index in [1.165, 1.54) is 24.5 Å². The minimum atomic E-state index is -4.38. The number of methoxy groups -OCH3 is 1. The predicted octanol–water partition coefficient (Wildman–Crippen LogP) is 4.67. The van der Waals surface area contributed by atoms with Crippen LogP contribution in [0.4, 0.5) is 18.9 Å². The molecular weight excluding hydrogens is 323 g/mol. The molecule has 21 heavy (non-hydrogen) atoms. The molecule has 8 heteroatoms. The monoisotopic (exact) mass is 333 g/mol. The van der Waals surface area contributed by atoms with Gasteiger partial charge in [0.2, 0.25) is 0 Å². The third-order valence-electron chi connectivity index (χ3n) is 2.48. The quantitative estimate of drug-likeness (QED) is 0.652. The molecule has 0 aliphatic rings. The Morgan fingerprint density at radius 1 is 1.33 bits per heavy atom. The molecule has 1 N–H and O–H groups in total. The zero-order valence-electron chi connectivity index (χ0n) is 10.7. The van der Waals surface area contributed by atoms with Crippen molar-refractivity contribution in [1.82, 2.24) is 0 Å². The smallest absolute Gasteiger partial charge is 0.416 e. The van der Waals surface area contributed by atoms with E-state index >= 15 is 0 Å².